The van der Waals surface area contributed by atoms with Crippen molar-refractivity contribution >= 4 is 5.91 Å². The number of rotatable bonds is 4. The smallest absolute Gasteiger partial charge is 0.255 e. The second-order valence-electron chi connectivity index (χ2n) is 5.20. The van der Waals surface area contributed by atoms with Crippen molar-refractivity contribution in [3.63, 3.8) is 0 Å². The van der Waals surface area contributed by atoms with Crippen LogP contribution in [0.1, 0.15) is 16.8 Å². The van der Waals surface area contributed by atoms with Crippen LogP contribution in [0, 0.1) is 0 Å². The molecule has 5 nitrogen and oxygen atoms in total. The molecule has 114 valence electrons. The zero-order valence-electron chi connectivity index (χ0n) is 12.4. The third-order valence-electron chi connectivity index (χ3n) is 3.70. The monoisotopic (exact) mass is 298 g/mol. The number of nitrogens with zero attached hydrogens (tertiary/aromatic N) is 2. The average molecular weight is 298 g/mol. The lowest BCUT2D eigenvalue weighted by molar-refractivity contribution is 0.0772. The van der Waals surface area contributed by atoms with Gasteiger partial charge in [0.05, 0.1) is 19.2 Å². The van der Waals surface area contributed by atoms with E-state index in [-0.39, 0.29) is 12.0 Å². The van der Waals surface area contributed by atoms with Crippen LogP contribution in [-0.2, 0) is 0 Å². The Morgan fingerprint density at radius 1 is 1.23 bits per heavy atom. The van der Waals surface area contributed by atoms with Crippen LogP contribution in [0.4, 0.5) is 0 Å². The molecule has 1 unspecified atom stereocenters. The molecule has 1 fully saturated rings. The maximum absolute atomic E-state index is 12.3. The van der Waals surface area contributed by atoms with Crippen LogP contribution in [0.15, 0.2) is 48.8 Å². The van der Waals surface area contributed by atoms with Crippen LogP contribution in [0.3, 0.4) is 0 Å². The molecule has 0 spiro atoms. The van der Waals surface area contributed by atoms with Gasteiger partial charge in [-0.3, -0.25) is 9.78 Å². The van der Waals surface area contributed by atoms with Gasteiger partial charge >= 0.3 is 0 Å². The first kappa shape index (κ1) is 14.4. The van der Waals surface area contributed by atoms with Crippen molar-refractivity contribution in [2.75, 3.05) is 20.2 Å². The second kappa shape index (κ2) is 6.47. The lowest BCUT2D eigenvalue weighted by Gasteiger charge is -2.17. The standard InChI is InChI=1S/C17H18N2O3/c1-21-14-4-6-15(7-5-14)22-16-8-10-19(12-16)17(20)13-3-2-9-18-11-13/h2-7,9,11,16H,8,10,12H2,1H3. The maximum atomic E-state index is 12.3. The molecule has 1 atom stereocenters. The van der Waals surface area contributed by atoms with Crippen LogP contribution in [0.5, 0.6) is 11.5 Å². The third kappa shape index (κ3) is 3.19. The number of pyridine rings is 1. The Balaban J connectivity index is 1.59. The van der Waals surface area contributed by atoms with E-state index in [0.29, 0.717) is 18.7 Å². The molecule has 2 heterocycles. The number of carbonyl (C=O) groups excluding carboxylic acids is 1. The van der Waals surface area contributed by atoms with Gasteiger partial charge in [0.25, 0.3) is 5.91 Å². The van der Waals surface area contributed by atoms with E-state index < -0.39 is 0 Å². The van der Waals surface area contributed by atoms with Crippen molar-refractivity contribution in [2.24, 2.45) is 0 Å². The predicted molar refractivity (Wildman–Crippen MR) is 82.2 cm³/mol. The maximum Gasteiger partial charge on any atom is 0.255 e. The van der Waals surface area contributed by atoms with Crippen LogP contribution < -0.4 is 9.47 Å². The van der Waals surface area contributed by atoms with Crippen molar-refractivity contribution in [1.29, 1.82) is 0 Å². The summed E-state index contributed by atoms with van der Waals surface area (Å²) < 4.78 is 11.0. The fourth-order valence-corrected chi connectivity index (χ4v) is 2.53. The zero-order chi connectivity index (χ0) is 15.4. The number of benzene rings is 1. The van der Waals surface area contributed by atoms with E-state index in [2.05, 4.69) is 4.98 Å². The van der Waals surface area contributed by atoms with Gasteiger partial charge in [0, 0.05) is 25.4 Å². The van der Waals surface area contributed by atoms with Gasteiger partial charge in [-0.05, 0) is 36.4 Å². The van der Waals surface area contributed by atoms with Gasteiger partial charge in [0.1, 0.15) is 17.6 Å². The SMILES string of the molecule is COc1ccc(OC2CCN(C(=O)c3cccnc3)C2)cc1. The minimum absolute atomic E-state index is 0.00827. The first-order valence-corrected chi connectivity index (χ1v) is 7.26. The fourth-order valence-electron chi connectivity index (χ4n) is 2.53. The first-order chi connectivity index (χ1) is 10.8. The molecule has 0 aliphatic carbocycles. The highest BCUT2D eigenvalue weighted by Gasteiger charge is 2.28. The molecule has 2 aromatic rings. The highest BCUT2D eigenvalue weighted by Crippen LogP contribution is 2.22. The van der Waals surface area contributed by atoms with E-state index in [1.165, 1.54) is 0 Å². The summed E-state index contributed by atoms with van der Waals surface area (Å²) in [5, 5.41) is 0. The Bertz CT molecular complexity index is 628. The second-order valence-corrected chi connectivity index (χ2v) is 5.20. The molecular formula is C17H18N2O3. The summed E-state index contributed by atoms with van der Waals surface area (Å²) in [4.78, 5) is 18.1. The number of carbonyl (C=O) groups is 1. The fraction of sp³-hybridized carbons (Fsp3) is 0.294. The average Bonchev–Trinajstić information content (AvgIpc) is 3.04. The van der Waals surface area contributed by atoms with Gasteiger partial charge in [-0.15, -0.1) is 0 Å². The topological polar surface area (TPSA) is 51.7 Å². The molecule has 0 radical (unpaired) electrons. The molecule has 1 amide bonds. The summed E-state index contributed by atoms with van der Waals surface area (Å²) in [6.07, 6.45) is 4.11. The summed E-state index contributed by atoms with van der Waals surface area (Å²) in [5.74, 6) is 1.60. The molecular weight excluding hydrogens is 280 g/mol. The number of likely N-dealkylation sites (tertiary alicyclic amines) is 1. The van der Waals surface area contributed by atoms with Gasteiger partial charge in [0.2, 0.25) is 0 Å². The van der Waals surface area contributed by atoms with Crippen LogP contribution in [0.2, 0.25) is 0 Å². The van der Waals surface area contributed by atoms with Gasteiger partial charge in [-0.1, -0.05) is 0 Å². The Morgan fingerprint density at radius 2 is 2.00 bits per heavy atom. The number of hydrogen-bond donors (Lipinski definition) is 0. The summed E-state index contributed by atoms with van der Waals surface area (Å²) in [6, 6.07) is 11.0. The molecule has 1 aromatic carbocycles. The lowest BCUT2D eigenvalue weighted by Crippen LogP contribution is -2.30. The molecule has 22 heavy (non-hydrogen) atoms. The first-order valence-electron chi connectivity index (χ1n) is 7.26. The van der Waals surface area contributed by atoms with Crippen LogP contribution in [-0.4, -0.2) is 42.1 Å². The normalized spacial score (nSPS) is 17.3. The van der Waals surface area contributed by atoms with E-state index >= 15 is 0 Å². The molecule has 3 rings (SSSR count). The van der Waals surface area contributed by atoms with E-state index in [1.54, 1.807) is 31.6 Å². The van der Waals surface area contributed by atoms with Gasteiger partial charge in [0.15, 0.2) is 0 Å². The van der Waals surface area contributed by atoms with Gasteiger partial charge < -0.3 is 14.4 Å². The van der Waals surface area contributed by atoms with E-state index in [1.807, 2.05) is 29.2 Å². The summed E-state index contributed by atoms with van der Waals surface area (Å²) in [5.41, 5.74) is 0.618. The van der Waals surface area contributed by atoms with Crippen molar-refractivity contribution in [2.45, 2.75) is 12.5 Å². The Hall–Kier alpha value is -2.56. The van der Waals surface area contributed by atoms with Crippen LogP contribution in [0.25, 0.3) is 0 Å². The van der Waals surface area contributed by atoms with Crippen molar-refractivity contribution in [3.05, 3.63) is 54.4 Å². The van der Waals surface area contributed by atoms with Gasteiger partial charge in [-0.25, -0.2) is 0 Å². The molecule has 5 heteroatoms. The van der Waals surface area contributed by atoms with Crippen molar-refractivity contribution < 1.29 is 14.3 Å². The Morgan fingerprint density at radius 3 is 2.68 bits per heavy atom. The highest BCUT2D eigenvalue weighted by atomic mass is 16.5. The Labute approximate surface area is 129 Å². The number of hydrogen-bond acceptors (Lipinski definition) is 4. The number of methoxy groups -OCH3 is 1. The summed E-state index contributed by atoms with van der Waals surface area (Å²) >= 11 is 0. The zero-order valence-corrected chi connectivity index (χ0v) is 12.4. The molecule has 1 aliphatic heterocycles. The number of ether oxygens (including phenoxy) is 2. The molecule has 0 saturated carbocycles. The lowest BCUT2D eigenvalue weighted by atomic mass is 10.2. The molecule has 0 bridgehead atoms. The highest BCUT2D eigenvalue weighted by molar-refractivity contribution is 5.94. The van der Waals surface area contributed by atoms with Crippen LogP contribution >= 0.6 is 0 Å². The van der Waals surface area contributed by atoms with E-state index in [0.717, 1.165) is 17.9 Å². The minimum atomic E-state index is 0.00827. The Kier molecular flexibility index (Phi) is 4.23. The largest absolute Gasteiger partial charge is 0.497 e. The van der Waals surface area contributed by atoms with Gasteiger partial charge in [-0.2, -0.15) is 0 Å². The molecule has 1 aliphatic rings. The quantitative estimate of drug-likeness (QED) is 0.869. The van der Waals surface area contributed by atoms with E-state index in [9.17, 15) is 4.79 Å². The number of amides is 1. The molecule has 0 N–H and O–H groups in total. The summed E-state index contributed by atoms with van der Waals surface area (Å²) in [7, 11) is 1.63. The molecule has 1 aromatic heterocycles. The molecule has 1 saturated heterocycles. The number of aromatic nitrogens is 1. The van der Waals surface area contributed by atoms with Crippen molar-refractivity contribution in [3.8, 4) is 11.5 Å². The van der Waals surface area contributed by atoms with E-state index in [4.69, 9.17) is 9.47 Å². The minimum Gasteiger partial charge on any atom is -0.497 e. The predicted octanol–water partition coefficient (Wildman–Crippen LogP) is 2.38. The summed E-state index contributed by atoms with van der Waals surface area (Å²) in [6.45, 7) is 1.30. The third-order valence-corrected chi connectivity index (χ3v) is 3.70. The van der Waals surface area contributed by atoms with Crippen molar-refractivity contribution in [1.82, 2.24) is 9.88 Å².